The number of hydrogen-bond acceptors (Lipinski definition) is 3. The predicted molar refractivity (Wildman–Crippen MR) is 61.3 cm³/mol. The van der Waals surface area contributed by atoms with E-state index in [2.05, 4.69) is 4.98 Å². The molecule has 0 saturated heterocycles. The normalized spacial score (nSPS) is 12.2. The smallest absolute Gasteiger partial charge is 0.219 e. The number of aromatic nitrogens is 1. The lowest BCUT2D eigenvalue weighted by molar-refractivity contribution is 0.198. The first kappa shape index (κ1) is 12.4. The number of aliphatic hydroxyl groups excluding tert-OH is 1. The van der Waals surface area contributed by atoms with Crippen LogP contribution >= 0.6 is 0 Å². The maximum Gasteiger partial charge on any atom is 0.219 e. The van der Waals surface area contributed by atoms with Gasteiger partial charge in [-0.3, -0.25) is 0 Å². The van der Waals surface area contributed by atoms with Gasteiger partial charge in [-0.05, 0) is 30.7 Å². The maximum atomic E-state index is 13.3. The number of benzene rings is 1. The molecule has 1 atom stereocenters. The molecule has 0 aliphatic rings. The summed E-state index contributed by atoms with van der Waals surface area (Å²) in [7, 11) is 0. The quantitative estimate of drug-likeness (QED) is 0.910. The highest BCUT2D eigenvalue weighted by Crippen LogP contribution is 2.24. The SMILES string of the molecule is C[C@H](O)c1ccc(Oc2ccc(F)cc2F)nc1. The van der Waals surface area contributed by atoms with E-state index in [0.29, 0.717) is 5.56 Å². The van der Waals surface area contributed by atoms with Gasteiger partial charge >= 0.3 is 0 Å². The van der Waals surface area contributed by atoms with E-state index < -0.39 is 17.7 Å². The summed E-state index contributed by atoms with van der Waals surface area (Å²) in [5.74, 6) is -1.40. The standard InChI is InChI=1S/C13H11F2NO2/c1-8(17)9-2-5-13(16-7-9)18-12-4-3-10(14)6-11(12)15/h2-8,17H,1H3/t8-/m0/s1. The summed E-state index contributed by atoms with van der Waals surface area (Å²) >= 11 is 0. The van der Waals surface area contributed by atoms with Gasteiger partial charge in [-0.25, -0.2) is 13.8 Å². The van der Waals surface area contributed by atoms with Crippen LogP contribution < -0.4 is 4.74 Å². The maximum absolute atomic E-state index is 13.3. The van der Waals surface area contributed by atoms with Crippen molar-refractivity contribution in [1.29, 1.82) is 0 Å². The third kappa shape index (κ3) is 2.81. The van der Waals surface area contributed by atoms with Gasteiger partial charge in [0.25, 0.3) is 0 Å². The molecule has 0 amide bonds. The van der Waals surface area contributed by atoms with Gasteiger partial charge in [0.1, 0.15) is 5.82 Å². The number of hydrogen-bond donors (Lipinski definition) is 1. The Bertz CT molecular complexity index is 541. The Balaban J connectivity index is 2.18. The predicted octanol–water partition coefficient (Wildman–Crippen LogP) is 3.21. The summed E-state index contributed by atoms with van der Waals surface area (Å²) in [5, 5.41) is 9.30. The van der Waals surface area contributed by atoms with Crippen molar-refractivity contribution in [2.45, 2.75) is 13.0 Å². The van der Waals surface area contributed by atoms with Crippen LogP contribution in [0.15, 0.2) is 36.5 Å². The fourth-order valence-electron chi connectivity index (χ4n) is 1.37. The van der Waals surface area contributed by atoms with Crippen LogP contribution in [0.3, 0.4) is 0 Å². The van der Waals surface area contributed by atoms with Crippen LogP contribution in [-0.4, -0.2) is 10.1 Å². The molecule has 0 unspecified atom stereocenters. The Morgan fingerprint density at radius 2 is 2.00 bits per heavy atom. The average Bonchev–Trinajstić information content (AvgIpc) is 2.33. The second kappa shape index (κ2) is 5.10. The lowest BCUT2D eigenvalue weighted by Crippen LogP contribution is -1.95. The van der Waals surface area contributed by atoms with Gasteiger partial charge in [0.05, 0.1) is 6.10 Å². The molecule has 0 saturated carbocycles. The van der Waals surface area contributed by atoms with Crippen molar-refractivity contribution in [3.05, 3.63) is 53.7 Å². The largest absolute Gasteiger partial charge is 0.436 e. The summed E-state index contributed by atoms with van der Waals surface area (Å²) in [6.45, 7) is 1.61. The van der Waals surface area contributed by atoms with Crippen molar-refractivity contribution in [2.24, 2.45) is 0 Å². The molecule has 0 fully saturated rings. The van der Waals surface area contributed by atoms with Crippen molar-refractivity contribution in [1.82, 2.24) is 4.98 Å². The van der Waals surface area contributed by atoms with Gasteiger partial charge in [0, 0.05) is 18.3 Å². The number of nitrogens with zero attached hydrogens (tertiary/aromatic N) is 1. The van der Waals surface area contributed by atoms with Crippen LogP contribution in [0.1, 0.15) is 18.6 Å². The fourth-order valence-corrected chi connectivity index (χ4v) is 1.37. The third-order valence-corrected chi connectivity index (χ3v) is 2.35. The number of ether oxygens (including phenoxy) is 1. The van der Waals surface area contributed by atoms with E-state index in [1.54, 1.807) is 13.0 Å². The van der Waals surface area contributed by atoms with Crippen molar-refractivity contribution in [3.63, 3.8) is 0 Å². The number of rotatable bonds is 3. The average molecular weight is 251 g/mol. The molecule has 0 spiro atoms. The molecular formula is C13H11F2NO2. The molecule has 18 heavy (non-hydrogen) atoms. The van der Waals surface area contributed by atoms with Crippen molar-refractivity contribution in [3.8, 4) is 11.6 Å². The second-order valence-electron chi connectivity index (χ2n) is 3.78. The molecule has 0 aliphatic heterocycles. The van der Waals surface area contributed by atoms with Gasteiger partial charge in [0.15, 0.2) is 11.6 Å². The summed E-state index contributed by atoms with van der Waals surface area (Å²) in [5.41, 5.74) is 0.627. The van der Waals surface area contributed by atoms with E-state index in [4.69, 9.17) is 4.74 Å². The van der Waals surface area contributed by atoms with E-state index in [-0.39, 0.29) is 11.6 Å². The zero-order chi connectivity index (χ0) is 13.1. The molecule has 94 valence electrons. The highest BCUT2D eigenvalue weighted by Gasteiger charge is 2.07. The van der Waals surface area contributed by atoms with E-state index in [0.717, 1.165) is 12.1 Å². The monoisotopic (exact) mass is 251 g/mol. The molecule has 0 bridgehead atoms. The molecule has 1 N–H and O–H groups in total. The number of pyridine rings is 1. The Labute approximate surface area is 103 Å². The zero-order valence-electron chi connectivity index (χ0n) is 9.60. The van der Waals surface area contributed by atoms with E-state index in [1.165, 1.54) is 18.3 Å². The molecule has 0 radical (unpaired) electrons. The van der Waals surface area contributed by atoms with Crippen molar-refractivity contribution >= 4 is 0 Å². The van der Waals surface area contributed by atoms with Crippen LogP contribution in [0.5, 0.6) is 11.6 Å². The first-order chi connectivity index (χ1) is 8.56. The molecule has 1 heterocycles. The number of aliphatic hydroxyl groups is 1. The highest BCUT2D eigenvalue weighted by molar-refractivity contribution is 5.29. The Morgan fingerprint density at radius 3 is 2.56 bits per heavy atom. The summed E-state index contributed by atoms with van der Waals surface area (Å²) in [6.07, 6.45) is 0.802. The van der Waals surface area contributed by atoms with Gasteiger partial charge in [-0.2, -0.15) is 0 Å². The summed E-state index contributed by atoms with van der Waals surface area (Å²) in [4.78, 5) is 3.92. The van der Waals surface area contributed by atoms with E-state index in [9.17, 15) is 13.9 Å². The lowest BCUT2D eigenvalue weighted by Gasteiger charge is -2.07. The Hall–Kier alpha value is -2.01. The minimum Gasteiger partial charge on any atom is -0.436 e. The summed E-state index contributed by atoms with van der Waals surface area (Å²) in [6, 6.07) is 6.15. The third-order valence-electron chi connectivity index (χ3n) is 2.35. The molecule has 3 nitrogen and oxygen atoms in total. The van der Waals surface area contributed by atoms with E-state index in [1.807, 2.05) is 0 Å². The topological polar surface area (TPSA) is 42.4 Å². The minimum absolute atomic E-state index is 0.103. The van der Waals surface area contributed by atoms with Crippen LogP contribution in [0.25, 0.3) is 0 Å². The molecular weight excluding hydrogens is 240 g/mol. The second-order valence-corrected chi connectivity index (χ2v) is 3.78. The highest BCUT2D eigenvalue weighted by atomic mass is 19.1. The number of halogens is 2. The van der Waals surface area contributed by atoms with E-state index >= 15 is 0 Å². The summed E-state index contributed by atoms with van der Waals surface area (Å²) < 4.78 is 31.2. The first-order valence-corrected chi connectivity index (χ1v) is 5.33. The van der Waals surface area contributed by atoms with Gasteiger partial charge in [0.2, 0.25) is 5.88 Å². The van der Waals surface area contributed by atoms with Crippen LogP contribution in [0.4, 0.5) is 8.78 Å². The molecule has 2 aromatic rings. The van der Waals surface area contributed by atoms with Gasteiger partial charge in [-0.1, -0.05) is 0 Å². The van der Waals surface area contributed by atoms with Crippen molar-refractivity contribution < 1.29 is 18.6 Å². The molecule has 1 aromatic carbocycles. The molecule has 5 heteroatoms. The Kier molecular flexibility index (Phi) is 3.53. The Morgan fingerprint density at radius 1 is 1.22 bits per heavy atom. The molecule has 2 rings (SSSR count). The zero-order valence-corrected chi connectivity index (χ0v) is 9.60. The van der Waals surface area contributed by atoms with Gasteiger partial charge in [-0.15, -0.1) is 0 Å². The van der Waals surface area contributed by atoms with Gasteiger partial charge < -0.3 is 9.84 Å². The first-order valence-electron chi connectivity index (χ1n) is 5.33. The lowest BCUT2D eigenvalue weighted by atomic mass is 10.2. The van der Waals surface area contributed by atoms with Crippen LogP contribution in [-0.2, 0) is 0 Å². The van der Waals surface area contributed by atoms with Crippen molar-refractivity contribution in [2.75, 3.05) is 0 Å². The molecule has 0 aliphatic carbocycles. The minimum atomic E-state index is -0.795. The van der Waals surface area contributed by atoms with Crippen LogP contribution in [0, 0.1) is 11.6 Å². The van der Waals surface area contributed by atoms with Crippen LogP contribution in [0.2, 0.25) is 0 Å². The fraction of sp³-hybridized carbons (Fsp3) is 0.154. The molecule has 1 aromatic heterocycles.